The molecular weight excluding hydrogens is 232 g/mol. The van der Waals surface area contributed by atoms with Gasteiger partial charge in [-0.2, -0.15) is 0 Å². The normalized spacial score (nSPS) is 10.9. The molecule has 0 aliphatic heterocycles. The van der Waals surface area contributed by atoms with Crippen molar-refractivity contribution in [3.63, 3.8) is 0 Å². The van der Waals surface area contributed by atoms with E-state index in [1.807, 2.05) is 0 Å². The Labute approximate surface area is 118 Å². The molecule has 0 aromatic heterocycles. The summed E-state index contributed by atoms with van der Waals surface area (Å²) in [5.74, 6) is 2.73. The molecule has 2 heteroatoms. The van der Waals surface area contributed by atoms with E-state index in [-0.39, 0.29) is 0 Å². The molecule has 2 nitrogen and oxygen atoms in total. The molecule has 19 heavy (non-hydrogen) atoms. The van der Waals surface area contributed by atoms with E-state index >= 15 is 0 Å². The number of hydrogen-bond acceptors (Lipinski definition) is 2. The number of benzene rings is 1. The van der Waals surface area contributed by atoms with Crippen LogP contribution in [-0.2, 0) is 13.0 Å². The summed E-state index contributed by atoms with van der Waals surface area (Å²) in [7, 11) is 0. The highest BCUT2D eigenvalue weighted by Crippen LogP contribution is 2.12. The van der Waals surface area contributed by atoms with Crippen LogP contribution in [0.3, 0.4) is 0 Å². The van der Waals surface area contributed by atoms with Crippen molar-refractivity contribution >= 4 is 0 Å². The first-order valence-corrected chi connectivity index (χ1v) is 7.13. The van der Waals surface area contributed by atoms with Crippen molar-refractivity contribution in [3.05, 3.63) is 35.4 Å². The van der Waals surface area contributed by atoms with Gasteiger partial charge in [0.1, 0.15) is 0 Å². The van der Waals surface area contributed by atoms with Gasteiger partial charge in [0.25, 0.3) is 0 Å². The largest absolute Gasteiger partial charge is 0.314 e. The Kier molecular flexibility index (Phi) is 7.25. The van der Waals surface area contributed by atoms with E-state index in [0.29, 0.717) is 6.04 Å². The second kappa shape index (κ2) is 8.74. The third kappa shape index (κ3) is 5.92. The van der Waals surface area contributed by atoms with Gasteiger partial charge >= 0.3 is 0 Å². The molecule has 1 N–H and O–H groups in total. The minimum atomic E-state index is 0.542. The molecule has 0 bridgehead atoms. The van der Waals surface area contributed by atoms with Crippen molar-refractivity contribution in [1.29, 1.82) is 0 Å². The van der Waals surface area contributed by atoms with Crippen LogP contribution in [0.5, 0.6) is 0 Å². The summed E-state index contributed by atoms with van der Waals surface area (Å²) in [6.45, 7) is 10.2. The zero-order valence-corrected chi connectivity index (χ0v) is 12.4. The molecule has 0 aliphatic rings. The fourth-order valence-electron chi connectivity index (χ4n) is 2.10. The number of nitrogens with zero attached hydrogens (tertiary/aromatic N) is 1. The van der Waals surface area contributed by atoms with Crippen LogP contribution < -0.4 is 5.32 Å². The molecule has 0 radical (unpaired) electrons. The van der Waals surface area contributed by atoms with E-state index in [0.717, 1.165) is 32.6 Å². The van der Waals surface area contributed by atoms with Crippen LogP contribution in [0.15, 0.2) is 24.3 Å². The standard InChI is InChI=1S/C17H26N2/c1-5-13-19(6-2)14-17-10-8-7-9-16(17)11-12-18-15(3)4/h1,7-10,15,18H,6,11-14H2,2-4H3. The first-order valence-electron chi connectivity index (χ1n) is 7.13. The first-order chi connectivity index (χ1) is 9.17. The molecule has 0 atom stereocenters. The molecular formula is C17H26N2. The van der Waals surface area contributed by atoms with Crippen LogP contribution in [0.2, 0.25) is 0 Å². The number of nitrogens with one attached hydrogen (secondary N) is 1. The maximum absolute atomic E-state index is 5.41. The van der Waals surface area contributed by atoms with Gasteiger partial charge in [-0.25, -0.2) is 0 Å². The molecule has 104 valence electrons. The van der Waals surface area contributed by atoms with Gasteiger partial charge in [-0.3, -0.25) is 4.90 Å². The van der Waals surface area contributed by atoms with E-state index in [1.165, 1.54) is 11.1 Å². The smallest absolute Gasteiger partial charge is 0.0601 e. The summed E-state index contributed by atoms with van der Waals surface area (Å²) in [4.78, 5) is 2.29. The lowest BCUT2D eigenvalue weighted by Crippen LogP contribution is -2.26. The van der Waals surface area contributed by atoms with E-state index in [4.69, 9.17) is 6.42 Å². The van der Waals surface area contributed by atoms with Gasteiger partial charge < -0.3 is 5.32 Å². The summed E-state index contributed by atoms with van der Waals surface area (Å²) in [6.07, 6.45) is 6.48. The highest BCUT2D eigenvalue weighted by atomic mass is 15.1. The lowest BCUT2D eigenvalue weighted by atomic mass is 10.0. The predicted molar refractivity (Wildman–Crippen MR) is 83.1 cm³/mol. The van der Waals surface area contributed by atoms with Gasteiger partial charge in [0, 0.05) is 12.6 Å². The van der Waals surface area contributed by atoms with Gasteiger partial charge in [0.2, 0.25) is 0 Å². The maximum atomic E-state index is 5.41. The molecule has 0 heterocycles. The molecule has 1 aromatic carbocycles. The second-order valence-corrected chi connectivity index (χ2v) is 5.13. The van der Waals surface area contributed by atoms with E-state index in [9.17, 15) is 0 Å². The fourth-order valence-corrected chi connectivity index (χ4v) is 2.10. The highest BCUT2D eigenvalue weighted by Gasteiger charge is 2.06. The Bertz CT molecular complexity index is 404. The van der Waals surface area contributed by atoms with Gasteiger partial charge in [-0.05, 0) is 30.6 Å². The monoisotopic (exact) mass is 258 g/mol. The van der Waals surface area contributed by atoms with Crippen LogP contribution in [0.1, 0.15) is 31.9 Å². The number of rotatable bonds is 8. The van der Waals surface area contributed by atoms with Crippen molar-refractivity contribution < 1.29 is 0 Å². The summed E-state index contributed by atoms with van der Waals surface area (Å²) in [5, 5.41) is 3.47. The number of hydrogen-bond donors (Lipinski definition) is 1. The zero-order valence-electron chi connectivity index (χ0n) is 12.4. The zero-order chi connectivity index (χ0) is 14.1. The topological polar surface area (TPSA) is 15.3 Å². The minimum absolute atomic E-state index is 0.542. The third-order valence-corrected chi connectivity index (χ3v) is 3.22. The summed E-state index contributed by atoms with van der Waals surface area (Å²) >= 11 is 0. The average molecular weight is 258 g/mol. The lowest BCUT2D eigenvalue weighted by molar-refractivity contribution is 0.315. The first kappa shape index (κ1) is 15.8. The molecule has 0 amide bonds. The molecule has 0 aliphatic carbocycles. The molecule has 0 unspecified atom stereocenters. The molecule has 1 aromatic rings. The molecule has 0 saturated heterocycles. The van der Waals surface area contributed by atoms with Crippen molar-refractivity contribution in [2.75, 3.05) is 19.6 Å². The van der Waals surface area contributed by atoms with Crippen LogP contribution >= 0.6 is 0 Å². The van der Waals surface area contributed by atoms with Crippen molar-refractivity contribution in [2.24, 2.45) is 0 Å². The van der Waals surface area contributed by atoms with Crippen LogP contribution in [-0.4, -0.2) is 30.6 Å². The Morgan fingerprint density at radius 2 is 1.95 bits per heavy atom. The summed E-state index contributed by atoms with van der Waals surface area (Å²) in [5.41, 5.74) is 2.82. The maximum Gasteiger partial charge on any atom is 0.0601 e. The van der Waals surface area contributed by atoms with Crippen LogP contribution in [0.25, 0.3) is 0 Å². The second-order valence-electron chi connectivity index (χ2n) is 5.13. The molecule has 1 rings (SSSR count). The van der Waals surface area contributed by atoms with Gasteiger partial charge in [-0.1, -0.05) is 51.0 Å². The quantitative estimate of drug-likeness (QED) is 0.721. The highest BCUT2D eigenvalue weighted by molar-refractivity contribution is 5.27. The Hall–Kier alpha value is -1.30. The summed E-state index contributed by atoms with van der Waals surface area (Å²) in [6, 6.07) is 9.20. The van der Waals surface area contributed by atoms with Gasteiger partial charge in [-0.15, -0.1) is 6.42 Å². The fraction of sp³-hybridized carbons (Fsp3) is 0.529. The van der Waals surface area contributed by atoms with Crippen molar-refractivity contribution in [2.45, 2.75) is 39.8 Å². The molecule has 0 fully saturated rings. The van der Waals surface area contributed by atoms with Gasteiger partial charge in [0.15, 0.2) is 0 Å². The molecule has 0 saturated carbocycles. The van der Waals surface area contributed by atoms with Crippen molar-refractivity contribution in [1.82, 2.24) is 10.2 Å². The average Bonchev–Trinajstić information content (AvgIpc) is 2.39. The Balaban J connectivity index is 2.64. The van der Waals surface area contributed by atoms with Gasteiger partial charge in [0.05, 0.1) is 6.54 Å². The van der Waals surface area contributed by atoms with Crippen LogP contribution in [0.4, 0.5) is 0 Å². The Morgan fingerprint density at radius 3 is 2.53 bits per heavy atom. The molecule has 0 spiro atoms. The minimum Gasteiger partial charge on any atom is -0.314 e. The van der Waals surface area contributed by atoms with Crippen molar-refractivity contribution in [3.8, 4) is 12.3 Å². The predicted octanol–water partition coefficient (Wildman–Crippen LogP) is 2.68. The van der Waals surface area contributed by atoms with E-state index in [2.05, 4.69) is 61.2 Å². The van der Waals surface area contributed by atoms with E-state index in [1.54, 1.807) is 0 Å². The number of terminal acetylenes is 1. The SMILES string of the molecule is C#CCN(CC)Cc1ccccc1CCNC(C)C. The van der Waals surface area contributed by atoms with Crippen LogP contribution in [0, 0.1) is 12.3 Å². The van der Waals surface area contributed by atoms with E-state index < -0.39 is 0 Å². The third-order valence-electron chi connectivity index (χ3n) is 3.22. The summed E-state index contributed by atoms with van der Waals surface area (Å²) < 4.78 is 0. The Morgan fingerprint density at radius 1 is 1.26 bits per heavy atom. The lowest BCUT2D eigenvalue weighted by Gasteiger charge is -2.20.